The molecule has 6 nitrogen and oxygen atoms in total. The van der Waals surface area contributed by atoms with E-state index in [0.717, 1.165) is 25.8 Å². The fraction of sp³-hybridized carbons (Fsp3) is 0.526. The third-order valence-electron chi connectivity index (χ3n) is 4.77. The van der Waals surface area contributed by atoms with Gasteiger partial charge in [-0.2, -0.15) is 4.98 Å². The lowest BCUT2D eigenvalue weighted by atomic mass is 9.87. The molecule has 6 heteroatoms. The standard InChI is InChI=1S/C19H25N3O3/c1-3-16(15-8-5-4-6-9-15)17-10-7-11-22(17)19(23)13-24-12-18-20-14(2)21-25-18/h4-6,8-9,16-17H,3,7,10-13H2,1-2H3. The largest absolute Gasteiger partial charge is 0.362 e. The Morgan fingerprint density at radius 2 is 2.20 bits per heavy atom. The van der Waals surface area contributed by atoms with Crippen LogP contribution in [0.4, 0.5) is 0 Å². The monoisotopic (exact) mass is 343 g/mol. The number of carbonyl (C=O) groups is 1. The first-order valence-corrected chi connectivity index (χ1v) is 8.90. The van der Waals surface area contributed by atoms with Crippen LogP contribution in [0.5, 0.6) is 0 Å². The van der Waals surface area contributed by atoms with Crippen LogP contribution in [-0.2, 0) is 16.1 Å². The molecule has 0 aliphatic carbocycles. The third-order valence-corrected chi connectivity index (χ3v) is 4.77. The van der Waals surface area contributed by atoms with Gasteiger partial charge in [-0.05, 0) is 31.7 Å². The van der Waals surface area contributed by atoms with Crippen molar-refractivity contribution in [2.45, 2.75) is 51.7 Å². The van der Waals surface area contributed by atoms with E-state index in [-0.39, 0.29) is 25.2 Å². The van der Waals surface area contributed by atoms with Crippen molar-refractivity contribution in [3.05, 3.63) is 47.6 Å². The van der Waals surface area contributed by atoms with E-state index in [0.29, 0.717) is 17.6 Å². The van der Waals surface area contributed by atoms with Crippen LogP contribution in [-0.4, -0.2) is 40.1 Å². The maximum Gasteiger partial charge on any atom is 0.252 e. The van der Waals surface area contributed by atoms with Gasteiger partial charge in [-0.1, -0.05) is 42.4 Å². The molecule has 1 saturated heterocycles. The average molecular weight is 343 g/mol. The molecule has 0 bridgehead atoms. The molecule has 1 aromatic heterocycles. The predicted molar refractivity (Wildman–Crippen MR) is 92.9 cm³/mol. The van der Waals surface area contributed by atoms with Gasteiger partial charge in [0.25, 0.3) is 5.89 Å². The summed E-state index contributed by atoms with van der Waals surface area (Å²) in [5.74, 6) is 1.37. The number of benzene rings is 1. The number of hydrogen-bond acceptors (Lipinski definition) is 5. The molecular formula is C19H25N3O3. The molecule has 2 aromatic rings. The van der Waals surface area contributed by atoms with Crippen molar-refractivity contribution in [3.8, 4) is 0 Å². The van der Waals surface area contributed by atoms with Crippen LogP contribution in [0.25, 0.3) is 0 Å². The maximum atomic E-state index is 12.6. The van der Waals surface area contributed by atoms with Gasteiger partial charge in [0.15, 0.2) is 5.82 Å². The lowest BCUT2D eigenvalue weighted by molar-refractivity contribution is -0.138. The highest BCUT2D eigenvalue weighted by Gasteiger charge is 2.34. The molecule has 3 rings (SSSR count). The van der Waals surface area contributed by atoms with Crippen molar-refractivity contribution in [3.63, 3.8) is 0 Å². The molecule has 0 radical (unpaired) electrons. The number of carbonyl (C=O) groups excluding carboxylic acids is 1. The number of rotatable bonds is 7. The lowest BCUT2D eigenvalue weighted by Gasteiger charge is -2.31. The van der Waals surface area contributed by atoms with Gasteiger partial charge in [-0.3, -0.25) is 4.79 Å². The van der Waals surface area contributed by atoms with Gasteiger partial charge in [-0.15, -0.1) is 0 Å². The van der Waals surface area contributed by atoms with E-state index in [4.69, 9.17) is 9.26 Å². The van der Waals surface area contributed by atoms with E-state index < -0.39 is 0 Å². The molecule has 1 aromatic carbocycles. The highest BCUT2D eigenvalue weighted by Crippen LogP contribution is 2.33. The highest BCUT2D eigenvalue weighted by atomic mass is 16.5. The summed E-state index contributed by atoms with van der Waals surface area (Å²) in [5, 5.41) is 3.71. The summed E-state index contributed by atoms with van der Waals surface area (Å²) in [6, 6.07) is 10.7. The van der Waals surface area contributed by atoms with E-state index in [1.54, 1.807) is 6.92 Å². The molecule has 1 aliphatic heterocycles. The number of hydrogen-bond donors (Lipinski definition) is 0. The summed E-state index contributed by atoms with van der Waals surface area (Å²) in [5.41, 5.74) is 1.30. The molecule has 0 spiro atoms. The number of ether oxygens (including phenoxy) is 1. The smallest absolute Gasteiger partial charge is 0.252 e. The molecule has 2 unspecified atom stereocenters. The second-order valence-corrected chi connectivity index (χ2v) is 6.45. The van der Waals surface area contributed by atoms with Gasteiger partial charge in [0.2, 0.25) is 5.91 Å². The summed E-state index contributed by atoms with van der Waals surface area (Å²) in [6.07, 6.45) is 3.10. The molecule has 134 valence electrons. The number of likely N-dealkylation sites (tertiary alicyclic amines) is 1. The van der Waals surface area contributed by atoms with E-state index in [1.165, 1.54) is 5.56 Å². The quantitative estimate of drug-likeness (QED) is 0.773. The van der Waals surface area contributed by atoms with Crippen molar-refractivity contribution >= 4 is 5.91 Å². The molecule has 1 fully saturated rings. The van der Waals surface area contributed by atoms with Crippen molar-refractivity contribution < 1.29 is 14.1 Å². The number of aryl methyl sites for hydroxylation is 1. The van der Waals surface area contributed by atoms with Gasteiger partial charge in [0.1, 0.15) is 13.2 Å². The first-order valence-electron chi connectivity index (χ1n) is 8.90. The predicted octanol–water partition coefficient (Wildman–Crippen LogP) is 3.08. The second kappa shape index (κ2) is 8.25. The van der Waals surface area contributed by atoms with Crippen LogP contribution in [0.2, 0.25) is 0 Å². The normalized spacial score (nSPS) is 18.5. The van der Waals surface area contributed by atoms with Crippen LogP contribution in [0.15, 0.2) is 34.9 Å². The zero-order valence-corrected chi connectivity index (χ0v) is 14.9. The Balaban J connectivity index is 1.59. The topological polar surface area (TPSA) is 68.5 Å². The number of aromatic nitrogens is 2. The van der Waals surface area contributed by atoms with Crippen LogP contribution in [0, 0.1) is 6.92 Å². The Bertz CT molecular complexity index is 686. The Labute approximate surface area is 148 Å². The Morgan fingerprint density at radius 3 is 2.88 bits per heavy atom. The van der Waals surface area contributed by atoms with Crippen molar-refractivity contribution in [1.29, 1.82) is 0 Å². The minimum atomic E-state index is 0.0353. The number of amides is 1. The summed E-state index contributed by atoms with van der Waals surface area (Å²) in [7, 11) is 0. The van der Waals surface area contributed by atoms with Crippen LogP contribution >= 0.6 is 0 Å². The molecule has 2 atom stereocenters. The summed E-state index contributed by atoms with van der Waals surface area (Å²) in [4.78, 5) is 18.7. The fourth-order valence-electron chi connectivity index (χ4n) is 3.66. The van der Waals surface area contributed by atoms with E-state index in [2.05, 4.69) is 41.3 Å². The zero-order chi connectivity index (χ0) is 17.6. The zero-order valence-electron chi connectivity index (χ0n) is 14.9. The molecule has 1 amide bonds. The Morgan fingerprint density at radius 1 is 1.40 bits per heavy atom. The first kappa shape index (κ1) is 17.6. The van der Waals surface area contributed by atoms with E-state index in [1.807, 2.05) is 11.0 Å². The molecular weight excluding hydrogens is 318 g/mol. The summed E-state index contributed by atoms with van der Waals surface area (Å²) >= 11 is 0. The number of nitrogens with zero attached hydrogens (tertiary/aromatic N) is 3. The van der Waals surface area contributed by atoms with Gasteiger partial charge in [0, 0.05) is 18.5 Å². The van der Waals surface area contributed by atoms with Crippen LogP contribution < -0.4 is 0 Å². The third kappa shape index (κ3) is 4.25. The average Bonchev–Trinajstić information content (AvgIpc) is 3.26. The van der Waals surface area contributed by atoms with Crippen molar-refractivity contribution in [1.82, 2.24) is 15.0 Å². The van der Waals surface area contributed by atoms with Gasteiger partial charge in [-0.25, -0.2) is 0 Å². The van der Waals surface area contributed by atoms with Crippen molar-refractivity contribution in [2.75, 3.05) is 13.2 Å². The summed E-state index contributed by atoms with van der Waals surface area (Å²) < 4.78 is 10.5. The molecule has 0 N–H and O–H groups in total. The molecule has 2 heterocycles. The Kier molecular flexibility index (Phi) is 5.81. The van der Waals surface area contributed by atoms with Crippen LogP contribution in [0.1, 0.15) is 49.4 Å². The van der Waals surface area contributed by atoms with Crippen LogP contribution in [0.3, 0.4) is 0 Å². The molecule has 0 saturated carbocycles. The Hall–Kier alpha value is -2.21. The molecule has 1 aliphatic rings. The van der Waals surface area contributed by atoms with Gasteiger partial charge in [0.05, 0.1) is 0 Å². The van der Waals surface area contributed by atoms with Gasteiger partial charge >= 0.3 is 0 Å². The highest BCUT2D eigenvalue weighted by molar-refractivity contribution is 5.78. The van der Waals surface area contributed by atoms with E-state index >= 15 is 0 Å². The second-order valence-electron chi connectivity index (χ2n) is 6.45. The first-order chi connectivity index (χ1) is 12.2. The van der Waals surface area contributed by atoms with Gasteiger partial charge < -0.3 is 14.2 Å². The lowest BCUT2D eigenvalue weighted by Crippen LogP contribution is -2.41. The minimum Gasteiger partial charge on any atom is -0.362 e. The SMILES string of the molecule is CCC(c1ccccc1)C1CCCN1C(=O)COCc1nc(C)no1. The fourth-order valence-corrected chi connectivity index (χ4v) is 3.66. The molecule has 25 heavy (non-hydrogen) atoms. The van der Waals surface area contributed by atoms with Crippen molar-refractivity contribution in [2.24, 2.45) is 0 Å². The minimum absolute atomic E-state index is 0.0353. The maximum absolute atomic E-state index is 12.6. The van der Waals surface area contributed by atoms with E-state index in [9.17, 15) is 4.79 Å². The summed E-state index contributed by atoms with van der Waals surface area (Å²) in [6.45, 7) is 4.95.